The molecule has 1 fully saturated rings. The van der Waals surface area contributed by atoms with Crippen molar-refractivity contribution in [1.82, 2.24) is 9.79 Å². The van der Waals surface area contributed by atoms with E-state index in [2.05, 4.69) is 5.32 Å². The van der Waals surface area contributed by atoms with E-state index < -0.39 is 10.0 Å². The van der Waals surface area contributed by atoms with Gasteiger partial charge in [0.2, 0.25) is 0 Å². The Labute approximate surface area is 120 Å². The third kappa shape index (κ3) is 3.58. The Hall–Kier alpha value is -0.950. The fraction of sp³-hybridized carbons (Fsp3) is 0.571. The molecule has 112 valence electrons. The molecule has 1 aliphatic rings. The van der Waals surface area contributed by atoms with E-state index in [1.54, 1.807) is 12.1 Å². The lowest BCUT2D eigenvalue weighted by molar-refractivity contribution is -0.0258. The number of hydroxylamine groups is 1. The Morgan fingerprint density at radius 1 is 1.25 bits per heavy atom. The molecule has 0 unspecified atom stereocenters. The molecule has 1 aromatic carbocycles. The molecule has 1 aliphatic heterocycles. The maximum absolute atomic E-state index is 12.1. The van der Waals surface area contributed by atoms with E-state index in [9.17, 15) is 8.42 Å². The van der Waals surface area contributed by atoms with Crippen LogP contribution in [0.5, 0.6) is 0 Å². The Morgan fingerprint density at radius 2 is 1.85 bits per heavy atom. The molecular weight excluding hydrogens is 276 g/mol. The first-order valence-electron chi connectivity index (χ1n) is 6.86. The van der Waals surface area contributed by atoms with Crippen LogP contribution < -0.4 is 5.32 Å². The Kier molecular flexibility index (Phi) is 5.15. The summed E-state index contributed by atoms with van der Waals surface area (Å²) in [6.45, 7) is 2.16. The highest BCUT2D eigenvalue weighted by Gasteiger charge is 2.20. The monoisotopic (exact) mass is 298 g/mol. The first-order chi connectivity index (χ1) is 9.54. The van der Waals surface area contributed by atoms with Gasteiger partial charge < -0.3 is 5.32 Å². The van der Waals surface area contributed by atoms with E-state index in [0.29, 0.717) is 5.92 Å². The molecule has 2 rings (SSSR count). The Balaban J connectivity index is 2.06. The summed E-state index contributed by atoms with van der Waals surface area (Å²) in [5.74, 6) is 0.695. The predicted molar refractivity (Wildman–Crippen MR) is 77.7 cm³/mol. The second kappa shape index (κ2) is 6.67. The van der Waals surface area contributed by atoms with Gasteiger partial charge in [0.05, 0.1) is 12.0 Å². The molecule has 0 atom stereocenters. The quantitative estimate of drug-likeness (QED) is 0.835. The average Bonchev–Trinajstić information content (AvgIpc) is 2.48. The number of sulfonamides is 1. The largest absolute Gasteiger partial charge is 0.317 e. The van der Waals surface area contributed by atoms with Crippen LogP contribution in [0.2, 0.25) is 0 Å². The first kappa shape index (κ1) is 15.4. The van der Waals surface area contributed by atoms with Crippen LogP contribution in [-0.2, 0) is 21.3 Å². The van der Waals surface area contributed by atoms with Crippen molar-refractivity contribution in [2.45, 2.75) is 24.2 Å². The van der Waals surface area contributed by atoms with E-state index >= 15 is 0 Å². The number of hydrogen-bond donors (Lipinski definition) is 1. The molecule has 1 N–H and O–H groups in total. The van der Waals surface area contributed by atoms with Gasteiger partial charge >= 0.3 is 0 Å². The van der Waals surface area contributed by atoms with Crippen molar-refractivity contribution in [3.63, 3.8) is 0 Å². The van der Waals surface area contributed by atoms with E-state index in [-0.39, 0.29) is 4.90 Å². The molecule has 0 amide bonds. The molecule has 0 aliphatic carbocycles. The second-order valence-corrected chi connectivity index (χ2v) is 7.07. The lowest BCUT2D eigenvalue weighted by Gasteiger charge is -2.22. The van der Waals surface area contributed by atoms with Gasteiger partial charge in [-0.1, -0.05) is 16.6 Å². The van der Waals surface area contributed by atoms with Crippen LogP contribution in [0.15, 0.2) is 29.2 Å². The smallest absolute Gasteiger partial charge is 0.264 e. The minimum Gasteiger partial charge on any atom is -0.317 e. The third-order valence-corrected chi connectivity index (χ3v) is 5.49. The summed E-state index contributed by atoms with van der Waals surface area (Å²) in [5.41, 5.74) is 1.19. The third-order valence-electron chi connectivity index (χ3n) is 3.80. The number of nitrogens with zero attached hydrogens (tertiary/aromatic N) is 1. The van der Waals surface area contributed by atoms with E-state index in [1.165, 1.54) is 32.6 Å². The van der Waals surface area contributed by atoms with Crippen LogP contribution >= 0.6 is 0 Å². The summed E-state index contributed by atoms with van der Waals surface area (Å²) < 4.78 is 25.0. The minimum atomic E-state index is -3.54. The SMILES string of the molecule is CON(C)S(=O)(=O)c1ccc(CC2CCNCC2)cc1. The van der Waals surface area contributed by atoms with Crippen molar-refractivity contribution < 1.29 is 13.3 Å². The summed E-state index contributed by atoms with van der Waals surface area (Å²) in [5, 5.41) is 3.35. The topological polar surface area (TPSA) is 58.6 Å². The van der Waals surface area contributed by atoms with E-state index in [1.807, 2.05) is 12.1 Å². The van der Waals surface area contributed by atoms with Gasteiger partial charge in [-0.2, -0.15) is 0 Å². The highest BCUT2D eigenvalue weighted by atomic mass is 32.2. The zero-order valence-electron chi connectivity index (χ0n) is 12.0. The first-order valence-corrected chi connectivity index (χ1v) is 8.30. The van der Waals surface area contributed by atoms with Gasteiger partial charge in [-0.05, 0) is 56.0 Å². The van der Waals surface area contributed by atoms with Crippen molar-refractivity contribution in [3.8, 4) is 0 Å². The average molecular weight is 298 g/mol. The zero-order valence-corrected chi connectivity index (χ0v) is 12.8. The molecule has 20 heavy (non-hydrogen) atoms. The zero-order chi connectivity index (χ0) is 14.6. The Morgan fingerprint density at radius 3 is 2.40 bits per heavy atom. The molecule has 5 nitrogen and oxygen atoms in total. The van der Waals surface area contributed by atoms with Crippen LogP contribution in [0.1, 0.15) is 18.4 Å². The fourth-order valence-corrected chi connectivity index (χ4v) is 3.44. The normalized spacial score (nSPS) is 17.6. The maximum atomic E-state index is 12.1. The van der Waals surface area contributed by atoms with Gasteiger partial charge in [0, 0.05) is 7.05 Å². The number of hydrogen-bond acceptors (Lipinski definition) is 4. The summed E-state index contributed by atoms with van der Waals surface area (Å²) >= 11 is 0. The van der Waals surface area contributed by atoms with Gasteiger partial charge in [0.1, 0.15) is 0 Å². The molecule has 0 aromatic heterocycles. The Bertz CT molecular complexity index is 522. The van der Waals surface area contributed by atoms with Crippen molar-refractivity contribution in [3.05, 3.63) is 29.8 Å². The fourth-order valence-electron chi connectivity index (χ4n) is 2.46. The highest BCUT2D eigenvalue weighted by molar-refractivity contribution is 7.89. The molecule has 0 saturated carbocycles. The van der Waals surface area contributed by atoms with E-state index in [4.69, 9.17) is 4.84 Å². The number of piperidine rings is 1. The predicted octanol–water partition coefficient (Wildman–Crippen LogP) is 1.41. The van der Waals surface area contributed by atoms with Crippen LogP contribution in [-0.4, -0.2) is 40.1 Å². The van der Waals surface area contributed by atoms with E-state index in [0.717, 1.165) is 24.0 Å². The minimum absolute atomic E-state index is 0.260. The van der Waals surface area contributed by atoms with Crippen molar-refractivity contribution >= 4 is 10.0 Å². The molecule has 1 aromatic rings. The number of nitrogens with one attached hydrogen (secondary N) is 1. The van der Waals surface area contributed by atoms with Gasteiger partial charge in [0.25, 0.3) is 10.0 Å². The van der Waals surface area contributed by atoms with Gasteiger partial charge in [-0.25, -0.2) is 8.42 Å². The molecule has 0 bridgehead atoms. The lowest BCUT2D eigenvalue weighted by Crippen LogP contribution is -2.28. The van der Waals surface area contributed by atoms with Crippen LogP contribution in [0.25, 0.3) is 0 Å². The van der Waals surface area contributed by atoms with Gasteiger partial charge in [-0.15, -0.1) is 0 Å². The molecular formula is C14H22N2O3S. The summed E-state index contributed by atoms with van der Waals surface area (Å²) in [6.07, 6.45) is 3.39. The van der Waals surface area contributed by atoms with Crippen molar-refractivity contribution in [2.75, 3.05) is 27.2 Å². The van der Waals surface area contributed by atoms with Gasteiger partial charge in [-0.3, -0.25) is 4.84 Å². The van der Waals surface area contributed by atoms with Crippen LogP contribution in [0.4, 0.5) is 0 Å². The standard InChI is InChI=1S/C14H22N2O3S/c1-16(19-2)20(17,18)14-5-3-12(4-6-14)11-13-7-9-15-10-8-13/h3-6,13,15H,7-11H2,1-2H3. The lowest BCUT2D eigenvalue weighted by atomic mass is 9.91. The molecule has 0 radical (unpaired) electrons. The second-order valence-electron chi connectivity index (χ2n) is 5.14. The highest BCUT2D eigenvalue weighted by Crippen LogP contribution is 2.20. The molecule has 1 saturated heterocycles. The molecule has 0 spiro atoms. The molecule has 1 heterocycles. The molecule has 6 heteroatoms. The summed E-state index contributed by atoms with van der Waals surface area (Å²) in [4.78, 5) is 5.02. The number of benzene rings is 1. The van der Waals surface area contributed by atoms with Crippen molar-refractivity contribution in [1.29, 1.82) is 0 Å². The van der Waals surface area contributed by atoms with Gasteiger partial charge in [0.15, 0.2) is 0 Å². The maximum Gasteiger partial charge on any atom is 0.264 e. The summed E-state index contributed by atoms with van der Waals surface area (Å²) in [6, 6.07) is 7.11. The van der Waals surface area contributed by atoms with Crippen LogP contribution in [0.3, 0.4) is 0 Å². The van der Waals surface area contributed by atoms with Crippen molar-refractivity contribution in [2.24, 2.45) is 5.92 Å². The number of rotatable bonds is 5. The van der Waals surface area contributed by atoms with Crippen LogP contribution in [0, 0.1) is 5.92 Å². The summed E-state index contributed by atoms with van der Waals surface area (Å²) in [7, 11) is -0.814.